The number of benzene rings is 1. The zero-order valence-corrected chi connectivity index (χ0v) is 12.4. The number of aromatic amines is 1. The molecule has 1 aliphatic rings. The van der Waals surface area contributed by atoms with E-state index in [0.717, 1.165) is 30.0 Å². The van der Waals surface area contributed by atoms with Gasteiger partial charge in [0.05, 0.1) is 5.56 Å². The van der Waals surface area contributed by atoms with Gasteiger partial charge in [0.2, 0.25) is 0 Å². The first kappa shape index (κ1) is 13.9. The van der Waals surface area contributed by atoms with Crippen molar-refractivity contribution in [2.24, 2.45) is 0 Å². The van der Waals surface area contributed by atoms with Gasteiger partial charge in [-0.1, -0.05) is 6.92 Å². The van der Waals surface area contributed by atoms with E-state index in [1.807, 2.05) is 18.2 Å². The Labute approximate surface area is 124 Å². The summed E-state index contributed by atoms with van der Waals surface area (Å²) in [5, 5.41) is 3.92. The van der Waals surface area contributed by atoms with Crippen LogP contribution in [0, 0.1) is 0 Å². The highest BCUT2D eigenvalue weighted by Gasteiger charge is 2.27. The predicted molar refractivity (Wildman–Crippen MR) is 85.3 cm³/mol. The van der Waals surface area contributed by atoms with Gasteiger partial charge in [-0.05, 0) is 37.6 Å². The van der Waals surface area contributed by atoms with E-state index in [9.17, 15) is 4.79 Å². The predicted octanol–water partition coefficient (Wildman–Crippen LogP) is 1.96. The van der Waals surface area contributed by atoms with E-state index in [-0.39, 0.29) is 5.91 Å². The summed E-state index contributed by atoms with van der Waals surface area (Å²) in [5.74, 6) is -0.0297. The Kier molecular flexibility index (Phi) is 3.84. The van der Waals surface area contributed by atoms with Crippen LogP contribution in [0.2, 0.25) is 0 Å². The van der Waals surface area contributed by atoms with E-state index >= 15 is 0 Å². The van der Waals surface area contributed by atoms with Crippen LogP contribution in [0.5, 0.6) is 0 Å². The maximum absolute atomic E-state index is 12.3. The largest absolute Gasteiger partial charge is 0.399 e. The molecular formula is C16H22N4O. The number of nitrogens with one attached hydrogen (secondary N) is 2. The molecule has 5 heteroatoms. The number of carbonyl (C=O) groups is 1. The Morgan fingerprint density at radius 1 is 1.48 bits per heavy atom. The van der Waals surface area contributed by atoms with Gasteiger partial charge in [0.15, 0.2) is 0 Å². The molecule has 0 saturated heterocycles. The van der Waals surface area contributed by atoms with Gasteiger partial charge >= 0.3 is 0 Å². The van der Waals surface area contributed by atoms with E-state index in [1.165, 1.54) is 12.8 Å². The monoisotopic (exact) mass is 286 g/mol. The third kappa shape index (κ3) is 3.03. The number of fused-ring (bicyclic) bond motifs is 1. The fraction of sp³-hybridized carbons (Fsp3) is 0.438. The van der Waals surface area contributed by atoms with Gasteiger partial charge in [-0.25, -0.2) is 0 Å². The highest BCUT2D eigenvalue weighted by molar-refractivity contribution is 6.07. The summed E-state index contributed by atoms with van der Waals surface area (Å²) in [6, 6.07) is 6.29. The fourth-order valence-electron chi connectivity index (χ4n) is 2.78. The average molecular weight is 286 g/mol. The van der Waals surface area contributed by atoms with Crippen molar-refractivity contribution in [3.05, 3.63) is 30.0 Å². The second-order valence-electron chi connectivity index (χ2n) is 5.62. The summed E-state index contributed by atoms with van der Waals surface area (Å²) in [6.07, 6.45) is 4.34. The van der Waals surface area contributed by atoms with Crippen molar-refractivity contribution < 1.29 is 4.79 Å². The van der Waals surface area contributed by atoms with Gasteiger partial charge in [-0.15, -0.1) is 0 Å². The Morgan fingerprint density at radius 3 is 3.00 bits per heavy atom. The third-order valence-corrected chi connectivity index (χ3v) is 4.10. The number of hydrogen-bond donors (Lipinski definition) is 3. The standard InChI is InChI=1S/C16H22N4O/c1-2-20(12-4-5-12)8-7-18-16(21)14-10-19-15-9-11(17)3-6-13(14)15/h3,6,9-10,12,19H,2,4-5,7-8,17H2,1H3,(H,18,21). The molecule has 5 nitrogen and oxygen atoms in total. The highest BCUT2D eigenvalue weighted by Crippen LogP contribution is 2.26. The molecule has 0 spiro atoms. The van der Waals surface area contributed by atoms with Crippen LogP contribution in [0.3, 0.4) is 0 Å². The molecule has 2 aromatic rings. The molecule has 0 aliphatic heterocycles. The molecule has 112 valence electrons. The second-order valence-corrected chi connectivity index (χ2v) is 5.62. The molecule has 3 rings (SSSR count). The average Bonchev–Trinajstić information content (AvgIpc) is 3.23. The lowest BCUT2D eigenvalue weighted by molar-refractivity contribution is 0.0949. The van der Waals surface area contributed by atoms with Crippen LogP contribution in [0.25, 0.3) is 10.9 Å². The van der Waals surface area contributed by atoms with Gasteiger partial charge in [0.25, 0.3) is 5.91 Å². The van der Waals surface area contributed by atoms with E-state index in [1.54, 1.807) is 6.20 Å². The Morgan fingerprint density at radius 2 is 2.29 bits per heavy atom. The number of aromatic nitrogens is 1. The summed E-state index contributed by atoms with van der Waals surface area (Å²) in [7, 11) is 0. The molecular weight excluding hydrogens is 264 g/mol. The molecule has 1 saturated carbocycles. The van der Waals surface area contributed by atoms with Crippen molar-refractivity contribution in [1.82, 2.24) is 15.2 Å². The van der Waals surface area contributed by atoms with Crippen molar-refractivity contribution in [3.63, 3.8) is 0 Å². The molecule has 1 heterocycles. The van der Waals surface area contributed by atoms with Gasteiger partial charge in [-0.3, -0.25) is 9.69 Å². The number of amides is 1. The number of nitrogen functional groups attached to an aromatic ring is 1. The summed E-state index contributed by atoms with van der Waals surface area (Å²) in [6.45, 7) is 4.82. The molecule has 0 bridgehead atoms. The van der Waals surface area contributed by atoms with E-state index < -0.39 is 0 Å². The normalized spacial score (nSPS) is 14.8. The van der Waals surface area contributed by atoms with E-state index in [2.05, 4.69) is 22.1 Å². The van der Waals surface area contributed by atoms with Crippen LogP contribution in [0.4, 0.5) is 5.69 Å². The summed E-state index contributed by atoms with van der Waals surface area (Å²) in [4.78, 5) is 17.8. The molecule has 4 N–H and O–H groups in total. The molecule has 1 aromatic carbocycles. The van der Waals surface area contributed by atoms with Crippen molar-refractivity contribution in [1.29, 1.82) is 0 Å². The molecule has 1 aliphatic carbocycles. The molecule has 0 radical (unpaired) electrons. The van der Waals surface area contributed by atoms with Crippen molar-refractivity contribution in [3.8, 4) is 0 Å². The zero-order chi connectivity index (χ0) is 14.8. The number of H-pyrrole nitrogens is 1. The quantitative estimate of drug-likeness (QED) is 0.711. The van der Waals surface area contributed by atoms with Gasteiger partial charge in [-0.2, -0.15) is 0 Å². The smallest absolute Gasteiger partial charge is 0.253 e. The van der Waals surface area contributed by atoms with Gasteiger partial charge in [0.1, 0.15) is 0 Å². The first-order valence-corrected chi connectivity index (χ1v) is 7.58. The highest BCUT2D eigenvalue weighted by atomic mass is 16.1. The molecule has 1 fully saturated rings. The summed E-state index contributed by atoms with van der Waals surface area (Å²) < 4.78 is 0. The lowest BCUT2D eigenvalue weighted by Crippen LogP contribution is -2.36. The number of nitrogens with two attached hydrogens (primary N) is 1. The number of likely N-dealkylation sites (N-methyl/N-ethyl adjacent to an activating group) is 1. The van der Waals surface area contributed by atoms with Gasteiger partial charge in [0, 0.05) is 41.9 Å². The number of nitrogens with zero attached hydrogens (tertiary/aromatic N) is 1. The molecule has 1 amide bonds. The van der Waals surface area contributed by atoms with Crippen LogP contribution >= 0.6 is 0 Å². The molecule has 0 atom stereocenters. The SMILES string of the molecule is CCN(CCNC(=O)c1c[nH]c2cc(N)ccc12)C1CC1. The Hall–Kier alpha value is -2.01. The number of hydrogen-bond acceptors (Lipinski definition) is 3. The molecule has 1 aromatic heterocycles. The Balaban J connectivity index is 1.61. The van der Waals surface area contributed by atoms with Crippen LogP contribution < -0.4 is 11.1 Å². The lowest BCUT2D eigenvalue weighted by Gasteiger charge is -2.19. The van der Waals surface area contributed by atoms with Crippen molar-refractivity contribution in [2.45, 2.75) is 25.8 Å². The maximum atomic E-state index is 12.3. The number of anilines is 1. The van der Waals surface area contributed by atoms with Crippen LogP contribution in [-0.2, 0) is 0 Å². The zero-order valence-electron chi connectivity index (χ0n) is 12.4. The lowest BCUT2D eigenvalue weighted by atomic mass is 10.1. The van der Waals surface area contributed by atoms with Crippen LogP contribution in [-0.4, -0.2) is 41.5 Å². The maximum Gasteiger partial charge on any atom is 0.253 e. The number of rotatable bonds is 6. The van der Waals surface area contributed by atoms with Crippen molar-refractivity contribution >= 4 is 22.5 Å². The second kappa shape index (κ2) is 5.77. The topological polar surface area (TPSA) is 74.2 Å². The van der Waals surface area contributed by atoms with E-state index in [4.69, 9.17) is 5.73 Å². The first-order valence-electron chi connectivity index (χ1n) is 7.58. The van der Waals surface area contributed by atoms with Crippen molar-refractivity contribution in [2.75, 3.05) is 25.4 Å². The summed E-state index contributed by atoms with van der Waals surface area (Å²) >= 11 is 0. The Bertz CT molecular complexity index is 645. The van der Waals surface area contributed by atoms with E-state index in [0.29, 0.717) is 17.8 Å². The minimum atomic E-state index is -0.0297. The fourth-order valence-corrected chi connectivity index (χ4v) is 2.78. The minimum absolute atomic E-state index is 0.0297. The third-order valence-electron chi connectivity index (χ3n) is 4.10. The van der Waals surface area contributed by atoms with Gasteiger partial charge < -0.3 is 16.0 Å². The molecule has 21 heavy (non-hydrogen) atoms. The molecule has 0 unspecified atom stereocenters. The minimum Gasteiger partial charge on any atom is -0.399 e. The first-order chi connectivity index (χ1) is 10.2. The van der Waals surface area contributed by atoms with Crippen LogP contribution in [0.1, 0.15) is 30.1 Å². The van der Waals surface area contributed by atoms with Crippen LogP contribution in [0.15, 0.2) is 24.4 Å². The number of carbonyl (C=O) groups excluding carboxylic acids is 1. The summed E-state index contributed by atoms with van der Waals surface area (Å²) in [5.41, 5.74) is 8.02.